The molecule has 1 aliphatic rings. The SMILES string of the molecule is Cc1cc(F)c(-c2nn(C(C)C3CC3)cc2C=O)cc1F. The van der Waals surface area contributed by atoms with Gasteiger partial charge in [0.2, 0.25) is 0 Å². The quantitative estimate of drug-likeness (QED) is 0.800. The first-order chi connectivity index (χ1) is 10.0. The normalized spacial score (nSPS) is 16.0. The Hall–Kier alpha value is -2.04. The van der Waals surface area contributed by atoms with Crippen LogP contribution in [0.15, 0.2) is 18.3 Å². The predicted molar refractivity (Wildman–Crippen MR) is 75.1 cm³/mol. The van der Waals surface area contributed by atoms with Crippen molar-refractivity contribution in [2.45, 2.75) is 32.7 Å². The summed E-state index contributed by atoms with van der Waals surface area (Å²) in [5.74, 6) is -0.522. The molecule has 0 N–H and O–H groups in total. The van der Waals surface area contributed by atoms with Crippen molar-refractivity contribution in [3.63, 3.8) is 0 Å². The maximum atomic E-state index is 14.1. The van der Waals surface area contributed by atoms with Gasteiger partial charge in [-0.25, -0.2) is 8.78 Å². The highest BCUT2D eigenvalue weighted by atomic mass is 19.1. The predicted octanol–water partition coefficient (Wildman–Crippen LogP) is 3.92. The Bertz CT molecular complexity index is 705. The maximum absolute atomic E-state index is 14.1. The smallest absolute Gasteiger partial charge is 0.153 e. The van der Waals surface area contributed by atoms with Crippen LogP contribution in [-0.4, -0.2) is 16.1 Å². The number of aromatic nitrogens is 2. The minimum absolute atomic E-state index is 0.0296. The van der Waals surface area contributed by atoms with Gasteiger partial charge in [0.15, 0.2) is 6.29 Å². The van der Waals surface area contributed by atoms with Crippen LogP contribution >= 0.6 is 0 Å². The fourth-order valence-corrected chi connectivity index (χ4v) is 2.53. The van der Waals surface area contributed by atoms with E-state index in [0.717, 1.165) is 25.0 Å². The Morgan fingerprint density at radius 2 is 2.05 bits per heavy atom. The maximum Gasteiger partial charge on any atom is 0.153 e. The van der Waals surface area contributed by atoms with E-state index in [0.29, 0.717) is 12.2 Å². The van der Waals surface area contributed by atoms with Crippen LogP contribution in [0.2, 0.25) is 0 Å². The molecule has 1 aliphatic carbocycles. The Morgan fingerprint density at radius 1 is 1.33 bits per heavy atom. The van der Waals surface area contributed by atoms with Crippen LogP contribution in [0, 0.1) is 24.5 Å². The van der Waals surface area contributed by atoms with Crippen molar-refractivity contribution in [1.29, 1.82) is 0 Å². The number of halogens is 2. The van der Waals surface area contributed by atoms with E-state index in [1.54, 1.807) is 10.9 Å². The topological polar surface area (TPSA) is 34.9 Å². The molecule has 0 saturated heterocycles. The molecule has 5 heteroatoms. The van der Waals surface area contributed by atoms with Crippen molar-refractivity contribution in [1.82, 2.24) is 9.78 Å². The van der Waals surface area contributed by atoms with Gasteiger partial charge >= 0.3 is 0 Å². The number of carbonyl (C=O) groups is 1. The van der Waals surface area contributed by atoms with Crippen LogP contribution in [0.4, 0.5) is 8.78 Å². The standard InChI is InChI=1S/C16H16F2N2O/c1-9-5-15(18)13(6-14(9)17)16-12(8-21)7-20(19-16)10(2)11-3-4-11/h5-8,10-11H,3-4H2,1-2H3. The van der Waals surface area contributed by atoms with Crippen LogP contribution in [0.3, 0.4) is 0 Å². The van der Waals surface area contributed by atoms with Crippen LogP contribution in [-0.2, 0) is 0 Å². The molecule has 1 heterocycles. The molecule has 3 nitrogen and oxygen atoms in total. The van der Waals surface area contributed by atoms with E-state index in [1.807, 2.05) is 6.92 Å². The van der Waals surface area contributed by atoms with Gasteiger partial charge in [0.05, 0.1) is 11.6 Å². The van der Waals surface area contributed by atoms with Gasteiger partial charge in [0.25, 0.3) is 0 Å². The molecule has 21 heavy (non-hydrogen) atoms. The number of benzene rings is 1. The fraction of sp³-hybridized carbons (Fsp3) is 0.375. The van der Waals surface area contributed by atoms with Crippen molar-refractivity contribution >= 4 is 6.29 Å². The van der Waals surface area contributed by atoms with Gasteiger partial charge in [0, 0.05) is 11.8 Å². The molecule has 0 amide bonds. The number of nitrogens with zero attached hydrogens (tertiary/aromatic N) is 2. The monoisotopic (exact) mass is 290 g/mol. The summed E-state index contributed by atoms with van der Waals surface area (Å²) in [6, 6.07) is 2.39. The molecular formula is C16H16F2N2O. The molecule has 1 unspecified atom stereocenters. The summed E-state index contributed by atoms with van der Waals surface area (Å²) < 4.78 is 29.5. The third kappa shape index (κ3) is 2.48. The van der Waals surface area contributed by atoms with Gasteiger partial charge in [-0.1, -0.05) is 0 Å². The molecule has 0 radical (unpaired) electrons. The fourth-order valence-electron chi connectivity index (χ4n) is 2.53. The summed E-state index contributed by atoms with van der Waals surface area (Å²) in [6.45, 7) is 3.52. The first-order valence-electron chi connectivity index (χ1n) is 7.01. The summed E-state index contributed by atoms with van der Waals surface area (Å²) in [5.41, 5.74) is 0.746. The Morgan fingerprint density at radius 3 is 2.67 bits per heavy atom. The van der Waals surface area contributed by atoms with E-state index in [9.17, 15) is 13.6 Å². The largest absolute Gasteiger partial charge is 0.298 e. The first-order valence-corrected chi connectivity index (χ1v) is 7.01. The summed E-state index contributed by atoms with van der Waals surface area (Å²) >= 11 is 0. The lowest BCUT2D eigenvalue weighted by Gasteiger charge is -2.10. The zero-order valence-electron chi connectivity index (χ0n) is 11.9. The average Bonchev–Trinajstić information content (AvgIpc) is 3.21. The van der Waals surface area contributed by atoms with Crippen LogP contribution in [0.5, 0.6) is 0 Å². The highest BCUT2D eigenvalue weighted by Crippen LogP contribution is 2.40. The lowest BCUT2D eigenvalue weighted by Crippen LogP contribution is -2.07. The first kappa shape index (κ1) is 13.9. The Kier molecular flexibility index (Phi) is 3.35. The molecule has 0 spiro atoms. The molecule has 0 aliphatic heterocycles. The molecule has 2 aromatic rings. The van der Waals surface area contributed by atoms with Gasteiger partial charge in [-0.05, 0) is 50.3 Å². The van der Waals surface area contributed by atoms with Gasteiger partial charge in [-0.15, -0.1) is 0 Å². The van der Waals surface area contributed by atoms with Gasteiger partial charge in [-0.3, -0.25) is 9.48 Å². The second-order valence-corrected chi connectivity index (χ2v) is 5.69. The van der Waals surface area contributed by atoms with E-state index >= 15 is 0 Å². The van der Waals surface area contributed by atoms with E-state index in [4.69, 9.17) is 0 Å². The van der Waals surface area contributed by atoms with Gasteiger partial charge < -0.3 is 0 Å². The molecule has 1 atom stereocenters. The van der Waals surface area contributed by atoms with Crippen molar-refractivity contribution in [2.75, 3.05) is 0 Å². The lowest BCUT2D eigenvalue weighted by atomic mass is 10.1. The summed E-state index contributed by atoms with van der Waals surface area (Å²) in [7, 11) is 0. The van der Waals surface area contributed by atoms with E-state index in [1.165, 1.54) is 6.92 Å². The van der Waals surface area contributed by atoms with Gasteiger partial charge in [-0.2, -0.15) is 5.10 Å². The molecule has 1 aromatic carbocycles. The van der Waals surface area contributed by atoms with E-state index < -0.39 is 11.6 Å². The summed E-state index contributed by atoms with van der Waals surface area (Å²) in [4.78, 5) is 11.2. The molecule has 1 saturated carbocycles. The van der Waals surface area contributed by atoms with Crippen molar-refractivity contribution in [2.24, 2.45) is 5.92 Å². The molecule has 3 rings (SSSR count). The molecule has 0 bridgehead atoms. The molecule has 1 aromatic heterocycles. The second kappa shape index (κ2) is 5.06. The van der Waals surface area contributed by atoms with Crippen LogP contribution < -0.4 is 0 Å². The number of rotatable bonds is 4. The van der Waals surface area contributed by atoms with Crippen molar-refractivity contribution in [3.8, 4) is 11.3 Å². The highest BCUT2D eigenvalue weighted by molar-refractivity contribution is 5.85. The Balaban J connectivity index is 2.09. The number of hydrogen-bond acceptors (Lipinski definition) is 2. The van der Waals surface area contributed by atoms with Crippen molar-refractivity contribution in [3.05, 3.63) is 41.1 Å². The molecular weight excluding hydrogens is 274 g/mol. The average molecular weight is 290 g/mol. The molecule has 110 valence electrons. The third-order valence-corrected chi connectivity index (χ3v) is 4.11. The van der Waals surface area contributed by atoms with Gasteiger partial charge in [0.1, 0.15) is 17.3 Å². The zero-order valence-corrected chi connectivity index (χ0v) is 11.9. The Labute approximate surface area is 121 Å². The number of hydrogen-bond donors (Lipinski definition) is 0. The van der Waals surface area contributed by atoms with Crippen molar-refractivity contribution < 1.29 is 13.6 Å². The minimum Gasteiger partial charge on any atom is -0.298 e. The number of aldehydes is 1. The minimum atomic E-state index is -0.568. The number of aryl methyl sites for hydroxylation is 1. The summed E-state index contributed by atoms with van der Waals surface area (Å²) in [5, 5.41) is 4.32. The van der Waals surface area contributed by atoms with E-state index in [2.05, 4.69) is 5.10 Å². The van der Waals surface area contributed by atoms with E-state index in [-0.39, 0.29) is 28.4 Å². The lowest BCUT2D eigenvalue weighted by molar-refractivity contribution is 0.112. The highest BCUT2D eigenvalue weighted by Gasteiger charge is 2.30. The zero-order chi connectivity index (χ0) is 15.1. The molecule has 1 fully saturated rings. The van der Waals surface area contributed by atoms with Crippen LogP contribution in [0.25, 0.3) is 11.3 Å². The summed E-state index contributed by atoms with van der Waals surface area (Å²) in [6.07, 6.45) is 4.53. The third-order valence-electron chi connectivity index (χ3n) is 4.11. The second-order valence-electron chi connectivity index (χ2n) is 5.69. The number of carbonyl (C=O) groups excluding carboxylic acids is 1. The van der Waals surface area contributed by atoms with Crippen LogP contribution in [0.1, 0.15) is 41.7 Å².